The van der Waals surface area contributed by atoms with Crippen LogP contribution in [0.2, 0.25) is 0 Å². The lowest BCUT2D eigenvalue weighted by Crippen LogP contribution is -2.30. The molecule has 0 aromatic heterocycles. The molecule has 0 spiro atoms. The fourth-order valence-corrected chi connectivity index (χ4v) is 2.95. The highest BCUT2D eigenvalue weighted by Crippen LogP contribution is 2.26. The molecule has 1 aliphatic rings. The molecule has 0 radical (unpaired) electrons. The van der Waals surface area contributed by atoms with E-state index in [1.54, 1.807) is 30.3 Å². The summed E-state index contributed by atoms with van der Waals surface area (Å²) in [6.45, 7) is 3.38. The molecule has 2 aromatic rings. The molecule has 0 saturated carbocycles. The second kappa shape index (κ2) is 7.99. The molecule has 0 unspecified atom stereocenters. The molecule has 0 atom stereocenters. The van der Waals surface area contributed by atoms with Crippen LogP contribution in [0.4, 0.5) is 10.1 Å². The zero-order chi connectivity index (χ0) is 18.5. The van der Waals surface area contributed by atoms with E-state index < -0.39 is 0 Å². The molecule has 26 heavy (non-hydrogen) atoms. The van der Waals surface area contributed by atoms with E-state index >= 15 is 0 Å². The normalized spacial score (nSPS) is 13.1. The molecule has 136 valence electrons. The van der Waals surface area contributed by atoms with Crippen LogP contribution >= 0.6 is 0 Å². The summed E-state index contributed by atoms with van der Waals surface area (Å²) in [4.78, 5) is 25.8. The number of hydrogen-bond acceptors (Lipinski definition) is 4. The molecule has 1 N–H and O–H groups in total. The highest BCUT2D eigenvalue weighted by molar-refractivity contribution is 6.21. The number of carbonyl (C=O) groups is 2. The second-order valence-corrected chi connectivity index (χ2v) is 6.03. The van der Waals surface area contributed by atoms with E-state index in [9.17, 15) is 14.0 Å². The van der Waals surface area contributed by atoms with Gasteiger partial charge in [-0.1, -0.05) is 12.1 Å². The average molecular weight is 356 g/mol. The topological polar surface area (TPSA) is 58.6 Å². The Hall–Kier alpha value is -2.89. The van der Waals surface area contributed by atoms with E-state index in [0.717, 1.165) is 0 Å². The third-order valence-corrected chi connectivity index (χ3v) is 4.22. The number of nitrogens with zero attached hydrogens (tertiary/aromatic N) is 1. The lowest BCUT2D eigenvalue weighted by atomic mass is 10.1. The highest BCUT2D eigenvalue weighted by atomic mass is 19.1. The van der Waals surface area contributed by atoms with Gasteiger partial charge in [-0.05, 0) is 44.0 Å². The van der Waals surface area contributed by atoms with Crippen molar-refractivity contribution in [2.45, 2.75) is 19.8 Å². The molecule has 0 saturated heterocycles. The number of benzene rings is 2. The molecule has 3 rings (SSSR count). The number of ether oxygens (including phenoxy) is 1. The van der Waals surface area contributed by atoms with Crippen LogP contribution in [0, 0.1) is 5.82 Å². The highest BCUT2D eigenvalue weighted by Gasteiger charge is 2.34. The average Bonchev–Trinajstić information content (AvgIpc) is 2.88. The van der Waals surface area contributed by atoms with Gasteiger partial charge in [-0.2, -0.15) is 0 Å². The Morgan fingerprint density at radius 1 is 1.04 bits per heavy atom. The van der Waals surface area contributed by atoms with Crippen molar-refractivity contribution >= 4 is 17.5 Å². The molecule has 0 fully saturated rings. The largest absolute Gasteiger partial charge is 0.491 e. The van der Waals surface area contributed by atoms with Crippen LogP contribution in [-0.4, -0.2) is 36.4 Å². The maximum Gasteiger partial charge on any atom is 0.261 e. The van der Waals surface area contributed by atoms with Crippen LogP contribution < -0.4 is 10.1 Å². The van der Waals surface area contributed by atoms with Crippen molar-refractivity contribution < 1.29 is 18.7 Å². The van der Waals surface area contributed by atoms with Crippen molar-refractivity contribution in [1.82, 2.24) is 4.90 Å². The van der Waals surface area contributed by atoms with Gasteiger partial charge in [-0.3, -0.25) is 14.5 Å². The third-order valence-electron chi connectivity index (χ3n) is 4.22. The van der Waals surface area contributed by atoms with Gasteiger partial charge in [0.2, 0.25) is 0 Å². The second-order valence-electron chi connectivity index (χ2n) is 6.03. The van der Waals surface area contributed by atoms with Crippen LogP contribution in [0.25, 0.3) is 0 Å². The number of halogens is 1. The zero-order valence-corrected chi connectivity index (χ0v) is 14.6. The minimum atomic E-state index is -0.320. The summed E-state index contributed by atoms with van der Waals surface area (Å²) in [6.07, 6.45) is 1.32. The molecule has 2 amide bonds. The first kappa shape index (κ1) is 17.9. The fourth-order valence-electron chi connectivity index (χ4n) is 2.95. The number of fused-ring (bicyclic) bond motifs is 1. The van der Waals surface area contributed by atoms with Gasteiger partial charge in [0.1, 0.15) is 11.6 Å². The molecule has 1 heterocycles. The van der Waals surface area contributed by atoms with E-state index in [1.807, 2.05) is 6.92 Å². The van der Waals surface area contributed by atoms with Crippen molar-refractivity contribution in [3.05, 3.63) is 59.4 Å². The molecule has 6 heteroatoms. The standard InChI is InChI=1S/C20H21FN2O3/c1-2-22-17-13-14(21)9-10-18(17)26-12-6-5-11-23-19(24)15-7-3-4-8-16(15)20(23)25/h3-4,7-10,13,22H,2,5-6,11-12H2,1H3. The van der Waals surface area contributed by atoms with Gasteiger partial charge in [0.05, 0.1) is 23.4 Å². The lowest BCUT2D eigenvalue weighted by molar-refractivity contribution is 0.0649. The van der Waals surface area contributed by atoms with Crippen molar-refractivity contribution in [1.29, 1.82) is 0 Å². The third kappa shape index (κ3) is 3.69. The van der Waals surface area contributed by atoms with Crippen LogP contribution in [-0.2, 0) is 0 Å². The number of carbonyl (C=O) groups excluding carboxylic acids is 2. The van der Waals surface area contributed by atoms with E-state index in [1.165, 1.54) is 17.0 Å². The van der Waals surface area contributed by atoms with Crippen molar-refractivity contribution in [2.75, 3.05) is 25.0 Å². The Kier molecular flexibility index (Phi) is 5.51. The Balaban J connectivity index is 1.49. The molecule has 0 aliphatic carbocycles. The number of amides is 2. The van der Waals surface area contributed by atoms with Crippen LogP contribution in [0.15, 0.2) is 42.5 Å². The maximum atomic E-state index is 13.3. The van der Waals surface area contributed by atoms with Gasteiger partial charge >= 0.3 is 0 Å². The SMILES string of the molecule is CCNc1cc(F)ccc1OCCCCN1C(=O)c2ccccc2C1=O. The molecular formula is C20H21FN2O3. The van der Waals surface area contributed by atoms with E-state index in [0.29, 0.717) is 55.1 Å². The summed E-state index contributed by atoms with van der Waals surface area (Å²) < 4.78 is 19.0. The molecule has 1 aliphatic heterocycles. The van der Waals surface area contributed by atoms with Gasteiger partial charge in [0.25, 0.3) is 11.8 Å². The number of unbranched alkanes of at least 4 members (excludes halogenated alkanes) is 1. The molecule has 5 nitrogen and oxygen atoms in total. The first-order valence-corrected chi connectivity index (χ1v) is 8.73. The predicted octanol–water partition coefficient (Wildman–Crippen LogP) is 3.71. The summed E-state index contributed by atoms with van der Waals surface area (Å²) in [7, 11) is 0. The van der Waals surface area contributed by atoms with Gasteiger partial charge < -0.3 is 10.1 Å². The van der Waals surface area contributed by atoms with Crippen molar-refractivity contribution in [3.8, 4) is 5.75 Å². The summed E-state index contributed by atoms with van der Waals surface area (Å²) in [6, 6.07) is 11.2. The van der Waals surface area contributed by atoms with Crippen LogP contribution in [0.3, 0.4) is 0 Å². The summed E-state index contributed by atoms with van der Waals surface area (Å²) in [5.41, 5.74) is 1.55. The molecular weight excluding hydrogens is 335 g/mol. The van der Waals surface area contributed by atoms with E-state index in [4.69, 9.17) is 4.74 Å². The number of anilines is 1. The minimum absolute atomic E-state index is 0.237. The number of rotatable bonds is 8. The van der Waals surface area contributed by atoms with E-state index in [-0.39, 0.29) is 17.6 Å². The van der Waals surface area contributed by atoms with Crippen molar-refractivity contribution in [2.24, 2.45) is 0 Å². The number of nitrogens with one attached hydrogen (secondary N) is 1. The van der Waals surface area contributed by atoms with Crippen molar-refractivity contribution in [3.63, 3.8) is 0 Å². The van der Waals surface area contributed by atoms with Crippen LogP contribution in [0.5, 0.6) is 5.75 Å². The number of imide groups is 1. The van der Waals surface area contributed by atoms with Gasteiger partial charge in [0.15, 0.2) is 0 Å². The van der Waals surface area contributed by atoms with Crippen LogP contribution in [0.1, 0.15) is 40.5 Å². The fraction of sp³-hybridized carbons (Fsp3) is 0.300. The zero-order valence-electron chi connectivity index (χ0n) is 14.6. The van der Waals surface area contributed by atoms with Gasteiger partial charge in [-0.25, -0.2) is 4.39 Å². The Labute approximate surface area is 151 Å². The first-order valence-electron chi connectivity index (χ1n) is 8.73. The summed E-state index contributed by atoms with van der Waals surface area (Å²) in [5, 5.41) is 3.06. The Bertz CT molecular complexity index is 787. The van der Waals surface area contributed by atoms with Gasteiger partial charge in [-0.15, -0.1) is 0 Å². The Morgan fingerprint density at radius 3 is 2.38 bits per heavy atom. The van der Waals surface area contributed by atoms with E-state index in [2.05, 4.69) is 5.32 Å². The Morgan fingerprint density at radius 2 is 1.73 bits per heavy atom. The first-order chi connectivity index (χ1) is 12.6. The lowest BCUT2D eigenvalue weighted by Gasteiger charge is -2.15. The molecule has 0 bridgehead atoms. The minimum Gasteiger partial charge on any atom is -0.491 e. The summed E-state index contributed by atoms with van der Waals surface area (Å²) in [5.74, 6) is -0.202. The monoisotopic (exact) mass is 356 g/mol. The quantitative estimate of drug-likeness (QED) is 0.579. The maximum absolute atomic E-state index is 13.3. The smallest absolute Gasteiger partial charge is 0.261 e. The molecule has 2 aromatic carbocycles. The number of hydrogen-bond donors (Lipinski definition) is 1. The van der Waals surface area contributed by atoms with Gasteiger partial charge in [0, 0.05) is 19.2 Å². The predicted molar refractivity (Wildman–Crippen MR) is 97.1 cm³/mol. The summed E-state index contributed by atoms with van der Waals surface area (Å²) >= 11 is 0.